The smallest absolute Gasteiger partial charge is 0.345 e. The summed E-state index contributed by atoms with van der Waals surface area (Å²) in [6, 6.07) is 1.97. The fraction of sp³-hybridized carbons (Fsp3) is 0.529. The van der Waals surface area contributed by atoms with Crippen molar-refractivity contribution in [1.29, 1.82) is 0 Å². The van der Waals surface area contributed by atoms with Crippen LogP contribution in [0.1, 0.15) is 43.7 Å². The number of carbonyl (C=O) groups excluding carboxylic acids is 2. The van der Waals surface area contributed by atoms with Gasteiger partial charge in [0.05, 0.1) is 29.7 Å². The minimum absolute atomic E-state index is 0.0280. The molecule has 1 saturated heterocycles. The number of nitrogens with one attached hydrogen (secondary N) is 3. The normalized spacial score (nSPS) is 24.7. The van der Waals surface area contributed by atoms with Crippen LogP contribution in [0, 0.1) is 5.82 Å². The van der Waals surface area contributed by atoms with E-state index >= 15 is 0 Å². The number of amides is 2. The summed E-state index contributed by atoms with van der Waals surface area (Å²) in [4.78, 5) is 24.2. The predicted octanol–water partition coefficient (Wildman–Crippen LogP) is 2.16. The number of alkyl halides is 3. The van der Waals surface area contributed by atoms with Gasteiger partial charge in [-0.05, 0) is 37.0 Å². The molecule has 0 spiro atoms. The maximum Gasteiger partial charge on any atom is 0.419 e. The Morgan fingerprint density at radius 2 is 2.04 bits per heavy atom. The minimum Gasteiger partial charge on any atom is -0.345 e. The standard InChI is InChI=1S/C17H19F4N3O2/c1-2-13-22-12(8-14(25)23-13)15(26)24-16(5-6-16)9-3-4-10(11(18)7-9)17(19,20)21/h3-4,7,12-13,22H,2,5-6,8H2,1H3,(H,23,25)(H,24,26). The highest BCUT2D eigenvalue weighted by Gasteiger charge is 2.48. The van der Waals surface area contributed by atoms with Crippen LogP contribution in [0.5, 0.6) is 0 Å². The average molecular weight is 373 g/mol. The Bertz CT molecular complexity index is 731. The van der Waals surface area contributed by atoms with Gasteiger partial charge in [0.1, 0.15) is 5.82 Å². The van der Waals surface area contributed by atoms with E-state index in [0.717, 1.165) is 6.07 Å². The Morgan fingerprint density at radius 1 is 1.35 bits per heavy atom. The van der Waals surface area contributed by atoms with Crippen LogP contribution in [0.2, 0.25) is 0 Å². The average Bonchev–Trinajstić information content (AvgIpc) is 3.33. The summed E-state index contributed by atoms with van der Waals surface area (Å²) in [6.07, 6.45) is -3.51. The lowest BCUT2D eigenvalue weighted by Crippen LogP contribution is -2.61. The Kier molecular flexibility index (Phi) is 4.68. The molecule has 1 aromatic rings. The van der Waals surface area contributed by atoms with Gasteiger partial charge in [-0.25, -0.2) is 4.39 Å². The fourth-order valence-electron chi connectivity index (χ4n) is 3.15. The van der Waals surface area contributed by atoms with Crippen molar-refractivity contribution in [3.05, 3.63) is 35.1 Å². The molecule has 3 rings (SSSR count). The molecule has 1 aliphatic heterocycles. The first kappa shape index (κ1) is 18.6. The Hall–Kier alpha value is -2.16. The molecule has 1 heterocycles. The number of halogens is 4. The van der Waals surface area contributed by atoms with Crippen molar-refractivity contribution in [3.63, 3.8) is 0 Å². The third kappa shape index (κ3) is 3.67. The van der Waals surface area contributed by atoms with Gasteiger partial charge in [-0.15, -0.1) is 0 Å². The molecule has 26 heavy (non-hydrogen) atoms. The second-order valence-electron chi connectivity index (χ2n) is 6.72. The first-order valence-electron chi connectivity index (χ1n) is 8.39. The lowest BCUT2D eigenvalue weighted by atomic mass is 10.0. The zero-order valence-corrected chi connectivity index (χ0v) is 14.0. The molecule has 1 saturated carbocycles. The van der Waals surface area contributed by atoms with Gasteiger partial charge >= 0.3 is 6.18 Å². The van der Waals surface area contributed by atoms with E-state index in [1.54, 1.807) is 0 Å². The van der Waals surface area contributed by atoms with Crippen molar-refractivity contribution in [2.75, 3.05) is 0 Å². The van der Waals surface area contributed by atoms with Crippen LogP contribution in [-0.4, -0.2) is 24.0 Å². The molecule has 0 bridgehead atoms. The summed E-state index contributed by atoms with van der Waals surface area (Å²) < 4.78 is 51.9. The summed E-state index contributed by atoms with van der Waals surface area (Å²) >= 11 is 0. The van der Waals surface area contributed by atoms with Gasteiger partial charge in [-0.1, -0.05) is 13.0 Å². The Labute approximate surface area is 147 Å². The number of hydrogen-bond donors (Lipinski definition) is 3. The third-order valence-corrected chi connectivity index (χ3v) is 4.79. The fourth-order valence-corrected chi connectivity index (χ4v) is 3.15. The molecule has 0 aromatic heterocycles. The van der Waals surface area contributed by atoms with Crippen molar-refractivity contribution in [3.8, 4) is 0 Å². The zero-order valence-electron chi connectivity index (χ0n) is 14.0. The quantitative estimate of drug-likeness (QED) is 0.709. The first-order chi connectivity index (χ1) is 12.1. The zero-order chi connectivity index (χ0) is 19.1. The van der Waals surface area contributed by atoms with Crippen molar-refractivity contribution in [2.45, 2.75) is 56.5 Å². The molecular formula is C17H19F4N3O2. The van der Waals surface area contributed by atoms with Gasteiger partial charge in [-0.2, -0.15) is 13.2 Å². The van der Waals surface area contributed by atoms with Gasteiger partial charge < -0.3 is 10.6 Å². The topological polar surface area (TPSA) is 70.2 Å². The van der Waals surface area contributed by atoms with E-state index in [1.165, 1.54) is 6.07 Å². The van der Waals surface area contributed by atoms with E-state index < -0.39 is 35.0 Å². The summed E-state index contributed by atoms with van der Waals surface area (Å²) in [7, 11) is 0. The summed E-state index contributed by atoms with van der Waals surface area (Å²) in [5, 5.41) is 8.49. The first-order valence-corrected chi connectivity index (χ1v) is 8.39. The molecule has 142 valence electrons. The van der Waals surface area contributed by atoms with E-state index in [0.29, 0.717) is 30.9 Å². The summed E-state index contributed by atoms with van der Waals surface area (Å²) in [6.45, 7) is 1.85. The molecule has 9 heteroatoms. The van der Waals surface area contributed by atoms with E-state index in [2.05, 4.69) is 16.0 Å². The Balaban J connectivity index is 1.74. The third-order valence-electron chi connectivity index (χ3n) is 4.79. The van der Waals surface area contributed by atoms with Crippen LogP contribution in [-0.2, 0) is 21.3 Å². The van der Waals surface area contributed by atoms with E-state index in [1.807, 2.05) is 6.92 Å². The molecule has 1 aromatic carbocycles. The number of rotatable bonds is 4. The molecule has 0 radical (unpaired) electrons. The molecule has 2 aliphatic rings. The summed E-state index contributed by atoms with van der Waals surface area (Å²) in [5.74, 6) is -2.03. The molecule has 2 amide bonds. The van der Waals surface area contributed by atoms with Gasteiger partial charge in [0.2, 0.25) is 11.8 Å². The molecular weight excluding hydrogens is 354 g/mol. The maximum absolute atomic E-state index is 13.8. The number of hydrogen-bond acceptors (Lipinski definition) is 3. The van der Waals surface area contributed by atoms with Crippen molar-refractivity contribution in [1.82, 2.24) is 16.0 Å². The van der Waals surface area contributed by atoms with Crippen LogP contribution in [0.15, 0.2) is 18.2 Å². The van der Waals surface area contributed by atoms with E-state index in [-0.39, 0.29) is 18.5 Å². The van der Waals surface area contributed by atoms with Crippen molar-refractivity contribution in [2.24, 2.45) is 0 Å². The van der Waals surface area contributed by atoms with E-state index in [4.69, 9.17) is 0 Å². The molecule has 2 fully saturated rings. The molecule has 3 N–H and O–H groups in total. The van der Waals surface area contributed by atoms with Crippen LogP contribution >= 0.6 is 0 Å². The lowest BCUT2D eigenvalue weighted by molar-refractivity contribution is -0.140. The Morgan fingerprint density at radius 3 is 2.58 bits per heavy atom. The lowest BCUT2D eigenvalue weighted by Gasteiger charge is -2.31. The maximum atomic E-state index is 13.8. The number of benzene rings is 1. The van der Waals surface area contributed by atoms with Crippen LogP contribution in [0.3, 0.4) is 0 Å². The van der Waals surface area contributed by atoms with Crippen molar-refractivity contribution < 1.29 is 27.2 Å². The van der Waals surface area contributed by atoms with Crippen LogP contribution in [0.4, 0.5) is 17.6 Å². The monoisotopic (exact) mass is 373 g/mol. The van der Waals surface area contributed by atoms with E-state index in [9.17, 15) is 27.2 Å². The molecule has 2 unspecified atom stereocenters. The predicted molar refractivity (Wildman–Crippen MR) is 84.2 cm³/mol. The van der Waals surface area contributed by atoms with Gasteiger partial charge in [-0.3, -0.25) is 14.9 Å². The second-order valence-corrected chi connectivity index (χ2v) is 6.72. The van der Waals surface area contributed by atoms with Crippen LogP contribution in [0.25, 0.3) is 0 Å². The second kappa shape index (κ2) is 6.53. The molecule has 2 atom stereocenters. The minimum atomic E-state index is -4.77. The SMILES string of the molecule is CCC1NC(=O)CC(C(=O)NC2(c3ccc(C(F)(F)F)c(F)c3)CC2)N1. The molecule has 5 nitrogen and oxygen atoms in total. The number of carbonyl (C=O) groups is 2. The highest BCUT2D eigenvalue weighted by molar-refractivity contribution is 5.90. The van der Waals surface area contributed by atoms with Crippen molar-refractivity contribution >= 4 is 11.8 Å². The van der Waals surface area contributed by atoms with Gasteiger partial charge in [0.25, 0.3) is 0 Å². The van der Waals surface area contributed by atoms with Gasteiger partial charge in [0.15, 0.2) is 0 Å². The summed E-state index contributed by atoms with van der Waals surface area (Å²) in [5.41, 5.74) is -1.91. The highest BCUT2D eigenvalue weighted by Crippen LogP contribution is 2.46. The van der Waals surface area contributed by atoms with Gasteiger partial charge in [0, 0.05) is 0 Å². The molecule has 1 aliphatic carbocycles. The van der Waals surface area contributed by atoms with Crippen LogP contribution < -0.4 is 16.0 Å². The largest absolute Gasteiger partial charge is 0.419 e. The highest BCUT2D eigenvalue weighted by atomic mass is 19.4.